The van der Waals surface area contributed by atoms with E-state index in [1.807, 2.05) is 10.7 Å². The topological polar surface area (TPSA) is 49.6 Å². The number of fused-ring (bicyclic) bond motifs is 1. The van der Waals surface area contributed by atoms with Crippen molar-refractivity contribution in [2.75, 3.05) is 31.1 Å². The Hall–Kier alpha value is -1.51. The number of imidazole rings is 1. The number of aromatic nitrogens is 4. The molecule has 1 unspecified atom stereocenters. The van der Waals surface area contributed by atoms with Crippen LogP contribution in [0.25, 0.3) is 4.96 Å². The van der Waals surface area contributed by atoms with E-state index in [-0.39, 0.29) is 5.41 Å². The van der Waals surface area contributed by atoms with Gasteiger partial charge >= 0.3 is 0 Å². The van der Waals surface area contributed by atoms with Crippen molar-refractivity contribution >= 4 is 32.8 Å². The zero-order valence-corrected chi connectivity index (χ0v) is 16.8. The van der Waals surface area contributed by atoms with Crippen LogP contribution in [0.3, 0.4) is 0 Å². The maximum absolute atomic E-state index is 4.76. The van der Waals surface area contributed by atoms with Gasteiger partial charge in [0.1, 0.15) is 5.01 Å². The first-order valence-electron chi connectivity index (χ1n) is 8.67. The molecule has 0 bridgehead atoms. The maximum atomic E-state index is 4.76. The number of nitrogens with zero attached hydrogens (tertiary/aromatic N) is 6. The third-order valence-corrected chi connectivity index (χ3v) is 6.67. The lowest BCUT2D eigenvalue weighted by Crippen LogP contribution is -2.47. The summed E-state index contributed by atoms with van der Waals surface area (Å²) in [6, 6.07) is 0.394. The molecule has 1 saturated heterocycles. The quantitative estimate of drug-likeness (QED) is 0.701. The van der Waals surface area contributed by atoms with Gasteiger partial charge in [-0.05, 0) is 6.92 Å². The summed E-state index contributed by atoms with van der Waals surface area (Å²) in [6.45, 7) is 12.9. The van der Waals surface area contributed by atoms with E-state index in [4.69, 9.17) is 10.1 Å². The van der Waals surface area contributed by atoms with Gasteiger partial charge in [0.25, 0.3) is 0 Å². The second-order valence-corrected chi connectivity index (χ2v) is 9.42. The van der Waals surface area contributed by atoms with E-state index in [2.05, 4.69) is 54.1 Å². The molecule has 0 spiro atoms. The Morgan fingerprint density at radius 2 is 1.92 bits per heavy atom. The normalized spacial score (nSPS) is 18.2. The molecule has 0 N–H and O–H groups in total. The molecule has 0 aromatic carbocycles. The van der Waals surface area contributed by atoms with Crippen molar-refractivity contribution in [2.24, 2.45) is 0 Å². The van der Waals surface area contributed by atoms with Gasteiger partial charge in [0.05, 0.1) is 17.9 Å². The van der Waals surface area contributed by atoms with Gasteiger partial charge < -0.3 is 4.90 Å². The molecule has 8 heteroatoms. The van der Waals surface area contributed by atoms with Crippen LogP contribution in [0.5, 0.6) is 0 Å². The van der Waals surface area contributed by atoms with Crippen molar-refractivity contribution in [1.29, 1.82) is 0 Å². The Kier molecular flexibility index (Phi) is 4.29. The lowest BCUT2D eigenvalue weighted by atomic mass is 9.93. The number of anilines is 1. The Morgan fingerprint density at radius 1 is 1.16 bits per heavy atom. The van der Waals surface area contributed by atoms with Crippen LogP contribution in [0.4, 0.5) is 5.13 Å². The molecule has 1 fully saturated rings. The van der Waals surface area contributed by atoms with E-state index in [1.165, 1.54) is 5.01 Å². The van der Waals surface area contributed by atoms with Crippen molar-refractivity contribution in [3.8, 4) is 0 Å². The molecular formula is C17H24N6S2. The van der Waals surface area contributed by atoms with Crippen LogP contribution < -0.4 is 4.90 Å². The second kappa shape index (κ2) is 6.34. The second-order valence-electron chi connectivity index (χ2n) is 7.56. The van der Waals surface area contributed by atoms with Gasteiger partial charge in [-0.2, -0.15) is 0 Å². The van der Waals surface area contributed by atoms with Crippen LogP contribution in [-0.4, -0.2) is 50.7 Å². The summed E-state index contributed by atoms with van der Waals surface area (Å²) < 4.78 is 1.94. The lowest BCUT2D eigenvalue weighted by Gasteiger charge is -2.37. The van der Waals surface area contributed by atoms with Crippen LogP contribution in [0.15, 0.2) is 17.8 Å². The highest BCUT2D eigenvalue weighted by atomic mass is 32.1. The van der Waals surface area contributed by atoms with Gasteiger partial charge in [-0.3, -0.25) is 4.90 Å². The van der Waals surface area contributed by atoms with E-state index >= 15 is 0 Å². The summed E-state index contributed by atoms with van der Waals surface area (Å²) in [5, 5.41) is 9.09. The molecule has 0 aliphatic carbocycles. The predicted molar refractivity (Wildman–Crippen MR) is 104 cm³/mol. The minimum absolute atomic E-state index is 0.0607. The SMILES string of the molecule is CC(c1nccs1)N1CCN(c2nn3cc(C(C)(C)C)nc3s2)CC1. The minimum atomic E-state index is 0.0607. The molecule has 4 heterocycles. The van der Waals surface area contributed by atoms with E-state index in [0.717, 1.165) is 42.0 Å². The number of hydrogen-bond donors (Lipinski definition) is 0. The molecular weight excluding hydrogens is 352 g/mol. The summed E-state index contributed by atoms with van der Waals surface area (Å²) in [4.78, 5) is 15.1. The first-order chi connectivity index (χ1) is 11.9. The summed E-state index contributed by atoms with van der Waals surface area (Å²) >= 11 is 3.43. The maximum Gasteiger partial charge on any atom is 0.214 e. The minimum Gasteiger partial charge on any atom is -0.344 e. The highest BCUT2D eigenvalue weighted by Gasteiger charge is 2.26. The number of piperazine rings is 1. The van der Waals surface area contributed by atoms with E-state index in [9.17, 15) is 0 Å². The van der Waals surface area contributed by atoms with Crippen LogP contribution in [0.1, 0.15) is 44.4 Å². The van der Waals surface area contributed by atoms with E-state index in [1.54, 1.807) is 22.7 Å². The largest absolute Gasteiger partial charge is 0.344 e. The molecule has 3 aromatic rings. The Labute approximate surface area is 156 Å². The molecule has 3 aromatic heterocycles. The fourth-order valence-corrected chi connectivity index (χ4v) is 4.74. The van der Waals surface area contributed by atoms with Crippen molar-refractivity contribution in [3.63, 3.8) is 0 Å². The van der Waals surface area contributed by atoms with Crippen LogP contribution >= 0.6 is 22.7 Å². The van der Waals surface area contributed by atoms with Crippen molar-refractivity contribution in [2.45, 2.75) is 39.2 Å². The van der Waals surface area contributed by atoms with Crippen molar-refractivity contribution in [3.05, 3.63) is 28.5 Å². The highest BCUT2D eigenvalue weighted by molar-refractivity contribution is 7.20. The number of thiazole rings is 1. The standard InChI is InChI=1S/C17H24N6S2/c1-12(14-18-5-10-24-14)21-6-8-22(9-7-21)16-20-23-11-13(17(2,3)4)19-15(23)25-16/h5,10-12H,6-9H2,1-4H3. The number of rotatable bonds is 3. The first-order valence-corrected chi connectivity index (χ1v) is 10.4. The average molecular weight is 377 g/mol. The fourth-order valence-electron chi connectivity index (χ4n) is 3.08. The fraction of sp³-hybridized carbons (Fsp3) is 0.588. The predicted octanol–water partition coefficient (Wildman–Crippen LogP) is 3.43. The molecule has 6 nitrogen and oxygen atoms in total. The third-order valence-electron chi connectivity index (χ3n) is 4.74. The zero-order valence-electron chi connectivity index (χ0n) is 15.1. The third kappa shape index (κ3) is 3.30. The molecule has 1 atom stereocenters. The summed E-state index contributed by atoms with van der Waals surface area (Å²) in [5.74, 6) is 0. The van der Waals surface area contributed by atoms with E-state index in [0.29, 0.717) is 6.04 Å². The molecule has 0 saturated carbocycles. The molecule has 1 aliphatic heterocycles. The van der Waals surface area contributed by atoms with Gasteiger partial charge in [-0.25, -0.2) is 14.5 Å². The van der Waals surface area contributed by atoms with Gasteiger partial charge in [0.15, 0.2) is 0 Å². The molecule has 1 aliphatic rings. The molecule has 4 rings (SSSR count). The first kappa shape index (κ1) is 16.9. The molecule has 0 amide bonds. The van der Waals surface area contributed by atoms with Gasteiger partial charge in [-0.15, -0.1) is 16.4 Å². The highest BCUT2D eigenvalue weighted by Crippen LogP contribution is 2.29. The number of hydrogen-bond acceptors (Lipinski definition) is 7. The summed E-state index contributed by atoms with van der Waals surface area (Å²) in [5.41, 5.74) is 1.16. The smallest absolute Gasteiger partial charge is 0.214 e. The van der Waals surface area contributed by atoms with Crippen molar-refractivity contribution < 1.29 is 0 Å². The van der Waals surface area contributed by atoms with Gasteiger partial charge in [-0.1, -0.05) is 32.1 Å². The van der Waals surface area contributed by atoms with Crippen molar-refractivity contribution in [1.82, 2.24) is 24.5 Å². The molecule has 0 radical (unpaired) electrons. The Bertz CT molecular complexity index is 805. The van der Waals surface area contributed by atoms with Gasteiger partial charge in [0.2, 0.25) is 10.1 Å². The Morgan fingerprint density at radius 3 is 2.52 bits per heavy atom. The molecule has 134 valence electrons. The average Bonchev–Trinajstić information content (AvgIpc) is 3.29. The summed E-state index contributed by atoms with van der Waals surface area (Å²) in [7, 11) is 0. The molecule has 25 heavy (non-hydrogen) atoms. The van der Waals surface area contributed by atoms with Crippen LogP contribution in [-0.2, 0) is 5.41 Å². The Balaban J connectivity index is 1.44. The van der Waals surface area contributed by atoms with Crippen LogP contribution in [0.2, 0.25) is 0 Å². The van der Waals surface area contributed by atoms with E-state index < -0.39 is 0 Å². The van der Waals surface area contributed by atoms with Gasteiger partial charge in [0, 0.05) is 43.2 Å². The lowest BCUT2D eigenvalue weighted by molar-refractivity contribution is 0.198. The monoisotopic (exact) mass is 376 g/mol. The zero-order chi connectivity index (χ0) is 17.6. The summed E-state index contributed by atoms with van der Waals surface area (Å²) in [6.07, 6.45) is 3.96. The van der Waals surface area contributed by atoms with Crippen LogP contribution in [0, 0.1) is 0 Å².